The number of nitrogens with one attached hydrogen (secondary N) is 1. The number of Topliss-reactive ketones (excluding diaryl/α,β-unsaturated/α-hetero) is 1. The lowest BCUT2D eigenvalue weighted by Gasteiger charge is -2.12. The van der Waals surface area contributed by atoms with Gasteiger partial charge >= 0.3 is 0 Å². The number of aromatic nitrogens is 2. The average Bonchev–Trinajstić information content (AvgIpc) is 3.02. The lowest BCUT2D eigenvalue weighted by Crippen LogP contribution is -2.40. The molecule has 21 heavy (non-hydrogen) atoms. The van der Waals surface area contributed by atoms with Gasteiger partial charge in [0.15, 0.2) is 0 Å². The van der Waals surface area contributed by atoms with Gasteiger partial charge in [-0.2, -0.15) is 5.10 Å². The topological polar surface area (TPSA) is 84.2 Å². The van der Waals surface area contributed by atoms with Gasteiger partial charge in [0.1, 0.15) is 0 Å². The number of aliphatic hydroxyl groups is 1. The molecule has 0 bridgehead atoms. The van der Waals surface area contributed by atoms with Crippen molar-refractivity contribution < 1.29 is 14.7 Å². The summed E-state index contributed by atoms with van der Waals surface area (Å²) in [5.41, 5.74) is 1.02. The Labute approximate surface area is 122 Å². The summed E-state index contributed by atoms with van der Waals surface area (Å²) in [4.78, 5) is 23.8. The molecular weight excluding hydrogens is 270 g/mol. The summed E-state index contributed by atoms with van der Waals surface area (Å²) in [5, 5.41) is 15.6. The molecule has 0 aliphatic rings. The Bertz CT molecular complexity index is 618. The standard InChI is InChI=1S/C15H17N3O3/c1-2-12(10-19)17-15(21)14(20)11-8-16-18(9-11)13-6-4-3-5-7-13/h3-9,12,19H,2,10H2,1H3,(H,17,21). The molecule has 0 fully saturated rings. The van der Waals surface area contributed by atoms with Crippen molar-refractivity contribution >= 4 is 11.7 Å². The molecule has 1 aromatic carbocycles. The quantitative estimate of drug-likeness (QED) is 0.612. The minimum atomic E-state index is -0.733. The van der Waals surface area contributed by atoms with E-state index in [1.54, 1.807) is 0 Å². The van der Waals surface area contributed by atoms with Gasteiger partial charge in [-0.05, 0) is 18.6 Å². The highest BCUT2D eigenvalue weighted by Gasteiger charge is 2.20. The van der Waals surface area contributed by atoms with Crippen molar-refractivity contribution in [3.8, 4) is 5.69 Å². The Morgan fingerprint density at radius 2 is 2.05 bits per heavy atom. The highest BCUT2D eigenvalue weighted by atomic mass is 16.3. The van der Waals surface area contributed by atoms with Crippen molar-refractivity contribution in [1.29, 1.82) is 0 Å². The van der Waals surface area contributed by atoms with E-state index in [0.717, 1.165) is 5.69 Å². The van der Waals surface area contributed by atoms with Gasteiger partial charge in [-0.15, -0.1) is 0 Å². The second kappa shape index (κ2) is 6.81. The minimum absolute atomic E-state index is 0.196. The summed E-state index contributed by atoms with van der Waals surface area (Å²) in [5.74, 6) is -1.40. The van der Waals surface area contributed by atoms with Gasteiger partial charge in [-0.25, -0.2) is 4.68 Å². The van der Waals surface area contributed by atoms with Crippen LogP contribution in [0.25, 0.3) is 5.69 Å². The van der Waals surface area contributed by atoms with E-state index in [1.807, 2.05) is 37.3 Å². The normalized spacial score (nSPS) is 11.9. The van der Waals surface area contributed by atoms with Crippen LogP contribution in [0.4, 0.5) is 0 Å². The van der Waals surface area contributed by atoms with Gasteiger partial charge in [-0.3, -0.25) is 9.59 Å². The van der Waals surface area contributed by atoms with Crippen molar-refractivity contribution in [2.24, 2.45) is 0 Å². The third-order valence-corrected chi connectivity index (χ3v) is 3.12. The van der Waals surface area contributed by atoms with Crippen LogP contribution < -0.4 is 5.32 Å². The second-order valence-corrected chi connectivity index (χ2v) is 4.60. The van der Waals surface area contributed by atoms with Gasteiger partial charge in [0.05, 0.1) is 30.1 Å². The molecule has 1 heterocycles. The molecule has 2 aromatic rings. The summed E-state index contributed by atoms with van der Waals surface area (Å²) in [6.45, 7) is 1.62. The number of amides is 1. The smallest absolute Gasteiger partial charge is 0.292 e. The van der Waals surface area contributed by atoms with E-state index in [-0.39, 0.29) is 12.2 Å². The number of ketones is 1. The van der Waals surface area contributed by atoms with Crippen LogP contribution in [0.15, 0.2) is 42.7 Å². The molecule has 1 aromatic heterocycles. The fraction of sp³-hybridized carbons (Fsp3) is 0.267. The third-order valence-electron chi connectivity index (χ3n) is 3.12. The van der Waals surface area contributed by atoms with Crippen molar-refractivity contribution in [1.82, 2.24) is 15.1 Å². The summed E-state index contributed by atoms with van der Waals surface area (Å²) in [7, 11) is 0. The zero-order valence-electron chi connectivity index (χ0n) is 11.7. The van der Waals surface area contributed by atoms with Gasteiger partial charge in [0.2, 0.25) is 0 Å². The highest BCUT2D eigenvalue weighted by Crippen LogP contribution is 2.08. The molecule has 2 N–H and O–H groups in total. The van der Waals surface area contributed by atoms with Crippen LogP contribution in [0, 0.1) is 0 Å². The van der Waals surface area contributed by atoms with Crippen LogP contribution in [0.2, 0.25) is 0 Å². The lowest BCUT2D eigenvalue weighted by atomic mass is 10.2. The van der Waals surface area contributed by atoms with Crippen LogP contribution in [0.5, 0.6) is 0 Å². The minimum Gasteiger partial charge on any atom is -0.394 e. The highest BCUT2D eigenvalue weighted by molar-refractivity contribution is 6.42. The Morgan fingerprint density at radius 1 is 1.33 bits per heavy atom. The first-order chi connectivity index (χ1) is 10.2. The number of carbonyl (C=O) groups is 2. The van der Waals surface area contributed by atoms with E-state index in [1.165, 1.54) is 17.1 Å². The molecule has 0 radical (unpaired) electrons. The van der Waals surface area contributed by atoms with E-state index in [2.05, 4.69) is 10.4 Å². The molecule has 0 aliphatic heterocycles. The number of hydrogen-bond acceptors (Lipinski definition) is 4. The van der Waals surface area contributed by atoms with Crippen molar-refractivity contribution in [3.05, 3.63) is 48.3 Å². The number of aliphatic hydroxyl groups excluding tert-OH is 1. The maximum Gasteiger partial charge on any atom is 0.292 e. The van der Waals surface area contributed by atoms with Crippen LogP contribution in [0.1, 0.15) is 23.7 Å². The maximum absolute atomic E-state index is 12.0. The fourth-order valence-corrected chi connectivity index (χ4v) is 1.82. The molecule has 0 saturated carbocycles. The van der Waals surface area contributed by atoms with Crippen molar-refractivity contribution in [2.75, 3.05) is 6.61 Å². The monoisotopic (exact) mass is 287 g/mol. The zero-order valence-corrected chi connectivity index (χ0v) is 11.7. The van der Waals surface area contributed by atoms with E-state index in [0.29, 0.717) is 6.42 Å². The molecule has 6 nitrogen and oxygen atoms in total. The predicted octanol–water partition coefficient (Wildman–Crippen LogP) is 0.942. The molecule has 2 rings (SSSR count). The predicted molar refractivity (Wildman–Crippen MR) is 77.2 cm³/mol. The summed E-state index contributed by atoms with van der Waals surface area (Å²) in [6.07, 6.45) is 3.42. The summed E-state index contributed by atoms with van der Waals surface area (Å²) < 4.78 is 1.53. The summed E-state index contributed by atoms with van der Waals surface area (Å²) >= 11 is 0. The number of carbonyl (C=O) groups excluding carboxylic acids is 2. The SMILES string of the molecule is CCC(CO)NC(=O)C(=O)c1cnn(-c2ccccc2)c1. The van der Waals surface area contributed by atoms with Gasteiger partial charge in [-0.1, -0.05) is 25.1 Å². The van der Waals surface area contributed by atoms with Crippen LogP contribution in [-0.4, -0.2) is 39.2 Å². The molecule has 110 valence electrons. The van der Waals surface area contributed by atoms with Crippen molar-refractivity contribution in [3.63, 3.8) is 0 Å². The molecule has 6 heteroatoms. The molecular formula is C15H17N3O3. The fourth-order valence-electron chi connectivity index (χ4n) is 1.82. The molecule has 0 saturated heterocycles. The number of hydrogen-bond donors (Lipinski definition) is 2. The lowest BCUT2D eigenvalue weighted by molar-refractivity contribution is -0.118. The van der Waals surface area contributed by atoms with E-state index < -0.39 is 17.7 Å². The van der Waals surface area contributed by atoms with Crippen molar-refractivity contribution in [2.45, 2.75) is 19.4 Å². The second-order valence-electron chi connectivity index (χ2n) is 4.60. The first kappa shape index (κ1) is 14.9. The van der Waals surface area contributed by atoms with Gasteiger partial charge < -0.3 is 10.4 Å². The molecule has 1 unspecified atom stereocenters. The summed E-state index contributed by atoms with van der Waals surface area (Å²) in [6, 6.07) is 8.88. The van der Waals surface area contributed by atoms with Gasteiger partial charge in [0, 0.05) is 6.20 Å². The van der Waals surface area contributed by atoms with Crippen LogP contribution in [-0.2, 0) is 4.79 Å². The van der Waals surface area contributed by atoms with E-state index in [4.69, 9.17) is 5.11 Å². The Morgan fingerprint density at radius 3 is 2.67 bits per heavy atom. The molecule has 0 spiro atoms. The molecule has 0 aliphatic carbocycles. The number of rotatable bonds is 6. The zero-order chi connectivity index (χ0) is 15.2. The Hall–Kier alpha value is -2.47. The largest absolute Gasteiger partial charge is 0.394 e. The van der Waals surface area contributed by atoms with E-state index in [9.17, 15) is 9.59 Å². The molecule has 1 amide bonds. The Kier molecular flexibility index (Phi) is 4.84. The number of nitrogens with zero attached hydrogens (tertiary/aromatic N) is 2. The average molecular weight is 287 g/mol. The maximum atomic E-state index is 12.0. The third kappa shape index (κ3) is 3.55. The van der Waals surface area contributed by atoms with Gasteiger partial charge in [0.25, 0.3) is 11.7 Å². The number of para-hydroxylation sites is 1. The van der Waals surface area contributed by atoms with E-state index >= 15 is 0 Å². The molecule has 1 atom stereocenters. The first-order valence-corrected chi connectivity index (χ1v) is 6.71. The van der Waals surface area contributed by atoms with Crippen LogP contribution >= 0.6 is 0 Å². The van der Waals surface area contributed by atoms with Crippen LogP contribution in [0.3, 0.4) is 0 Å². The first-order valence-electron chi connectivity index (χ1n) is 6.71. The number of benzene rings is 1. The Balaban J connectivity index is 2.10.